The van der Waals surface area contributed by atoms with Crippen LogP contribution in [0.15, 0.2) is 48.5 Å². The van der Waals surface area contributed by atoms with Crippen molar-refractivity contribution in [3.63, 3.8) is 0 Å². The van der Waals surface area contributed by atoms with Crippen LogP contribution in [0.2, 0.25) is 0 Å². The minimum atomic E-state index is -0.250. The van der Waals surface area contributed by atoms with Gasteiger partial charge in [0.15, 0.2) is 0 Å². The molecular formula is C21H26N2O3. The first-order chi connectivity index (χ1) is 12.2. The Morgan fingerprint density at radius 3 is 2.38 bits per heavy atom. The van der Waals surface area contributed by atoms with Gasteiger partial charge < -0.3 is 15.0 Å². The van der Waals surface area contributed by atoms with Gasteiger partial charge >= 0.3 is 0 Å². The molecule has 0 atom stereocenters. The molecule has 2 rings (SSSR count). The van der Waals surface area contributed by atoms with E-state index >= 15 is 0 Å². The van der Waals surface area contributed by atoms with Gasteiger partial charge in [0.25, 0.3) is 0 Å². The molecule has 0 spiro atoms. The van der Waals surface area contributed by atoms with E-state index in [0.29, 0.717) is 11.4 Å². The number of ether oxygens (including phenoxy) is 1. The fourth-order valence-electron chi connectivity index (χ4n) is 2.74. The Morgan fingerprint density at radius 2 is 1.77 bits per heavy atom. The Hall–Kier alpha value is -2.82. The van der Waals surface area contributed by atoms with E-state index < -0.39 is 0 Å². The number of hydrogen-bond donors (Lipinski definition) is 1. The van der Waals surface area contributed by atoms with Gasteiger partial charge in [-0.1, -0.05) is 45.0 Å². The molecule has 0 fully saturated rings. The third kappa shape index (κ3) is 4.85. The van der Waals surface area contributed by atoms with E-state index in [1.54, 1.807) is 31.4 Å². The van der Waals surface area contributed by atoms with Crippen molar-refractivity contribution in [2.24, 2.45) is 0 Å². The molecule has 0 aliphatic heterocycles. The normalized spacial score (nSPS) is 11.0. The Balaban J connectivity index is 2.21. The maximum Gasteiger partial charge on any atom is 0.244 e. The molecule has 138 valence electrons. The van der Waals surface area contributed by atoms with Crippen LogP contribution in [0.4, 0.5) is 11.4 Å². The standard InChI is InChI=1S/C21H26N2O3/c1-15(24)23(16-9-8-10-17(13-16)26-5)14-20(25)22-19-12-7-6-11-18(19)21(2,3)4/h6-13H,14H2,1-5H3,(H,22,25). The summed E-state index contributed by atoms with van der Waals surface area (Å²) in [7, 11) is 1.56. The maximum absolute atomic E-state index is 12.6. The molecule has 5 heteroatoms. The smallest absolute Gasteiger partial charge is 0.244 e. The molecule has 0 aromatic heterocycles. The summed E-state index contributed by atoms with van der Waals surface area (Å²) in [6.07, 6.45) is 0. The average Bonchev–Trinajstić information content (AvgIpc) is 2.59. The third-order valence-electron chi connectivity index (χ3n) is 4.06. The number of carbonyl (C=O) groups excluding carboxylic acids is 2. The highest BCUT2D eigenvalue weighted by Crippen LogP contribution is 2.29. The van der Waals surface area contributed by atoms with Crippen LogP contribution in [0.25, 0.3) is 0 Å². The Bertz CT molecular complexity index is 794. The SMILES string of the molecule is COc1cccc(N(CC(=O)Nc2ccccc2C(C)(C)C)C(C)=O)c1. The topological polar surface area (TPSA) is 58.6 Å². The number of nitrogens with one attached hydrogen (secondary N) is 1. The van der Waals surface area contributed by atoms with Crippen LogP contribution < -0.4 is 15.0 Å². The maximum atomic E-state index is 12.6. The largest absolute Gasteiger partial charge is 0.497 e. The van der Waals surface area contributed by atoms with Crippen molar-refractivity contribution in [2.45, 2.75) is 33.1 Å². The van der Waals surface area contributed by atoms with Gasteiger partial charge in [0.2, 0.25) is 11.8 Å². The summed E-state index contributed by atoms with van der Waals surface area (Å²) >= 11 is 0. The van der Waals surface area contributed by atoms with Crippen molar-refractivity contribution in [1.29, 1.82) is 0 Å². The second-order valence-corrected chi connectivity index (χ2v) is 7.15. The number of rotatable bonds is 5. The van der Waals surface area contributed by atoms with Gasteiger partial charge in [-0.3, -0.25) is 9.59 Å². The molecule has 2 aromatic rings. The van der Waals surface area contributed by atoms with Crippen molar-refractivity contribution in [1.82, 2.24) is 0 Å². The van der Waals surface area contributed by atoms with E-state index in [1.807, 2.05) is 24.3 Å². The highest BCUT2D eigenvalue weighted by atomic mass is 16.5. The zero-order chi connectivity index (χ0) is 19.3. The van der Waals surface area contributed by atoms with Crippen LogP contribution >= 0.6 is 0 Å². The van der Waals surface area contributed by atoms with Crippen molar-refractivity contribution in [3.05, 3.63) is 54.1 Å². The van der Waals surface area contributed by atoms with Crippen LogP contribution in [0.5, 0.6) is 5.75 Å². The molecule has 0 saturated heterocycles. The summed E-state index contributed by atoms with van der Waals surface area (Å²) in [4.78, 5) is 26.1. The first-order valence-corrected chi connectivity index (χ1v) is 8.54. The van der Waals surface area contributed by atoms with Gasteiger partial charge in [0, 0.05) is 24.4 Å². The Morgan fingerprint density at radius 1 is 1.08 bits per heavy atom. The Kier molecular flexibility index (Phi) is 6.03. The summed E-state index contributed by atoms with van der Waals surface area (Å²) in [5.41, 5.74) is 2.33. The Labute approximate surface area is 155 Å². The summed E-state index contributed by atoms with van der Waals surface area (Å²) in [5, 5.41) is 2.94. The lowest BCUT2D eigenvalue weighted by atomic mass is 9.86. The monoisotopic (exact) mass is 354 g/mol. The molecule has 1 N–H and O–H groups in total. The van der Waals surface area contributed by atoms with Crippen molar-refractivity contribution in [3.8, 4) is 5.75 Å². The molecule has 0 aliphatic rings. The predicted octanol–water partition coefficient (Wildman–Crippen LogP) is 3.98. The lowest BCUT2D eigenvalue weighted by Gasteiger charge is -2.24. The van der Waals surface area contributed by atoms with E-state index in [0.717, 1.165) is 11.3 Å². The van der Waals surface area contributed by atoms with Gasteiger partial charge in [-0.05, 0) is 29.2 Å². The van der Waals surface area contributed by atoms with E-state index in [2.05, 4.69) is 26.1 Å². The number of nitrogens with zero attached hydrogens (tertiary/aromatic N) is 1. The van der Waals surface area contributed by atoms with Gasteiger partial charge in [0.05, 0.1) is 7.11 Å². The van der Waals surface area contributed by atoms with Crippen molar-refractivity contribution in [2.75, 3.05) is 23.9 Å². The minimum absolute atomic E-state index is 0.0685. The summed E-state index contributed by atoms with van der Waals surface area (Å²) in [6, 6.07) is 14.8. The average molecular weight is 354 g/mol. The van der Waals surface area contributed by atoms with Gasteiger partial charge in [-0.15, -0.1) is 0 Å². The van der Waals surface area contributed by atoms with E-state index in [1.165, 1.54) is 11.8 Å². The highest BCUT2D eigenvalue weighted by molar-refractivity contribution is 6.02. The highest BCUT2D eigenvalue weighted by Gasteiger charge is 2.21. The van der Waals surface area contributed by atoms with Crippen LogP contribution in [-0.2, 0) is 15.0 Å². The number of methoxy groups -OCH3 is 1. The lowest BCUT2D eigenvalue weighted by molar-refractivity contribution is -0.120. The minimum Gasteiger partial charge on any atom is -0.497 e. The van der Waals surface area contributed by atoms with Gasteiger partial charge in [-0.2, -0.15) is 0 Å². The number of para-hydroxylation sites is 1. The van der Waals surface area contributed by atoms with Gasteiger partial charge in [-0.25, -0.2) is 0 Å². The first kappa shape index (κ1) is 19.5. The van der Waals surface area contributed by atoms with Crippen LogP contribution in [-0.4, -0.2) is 25.5 Å². The second-order valence-electron chi connectivity index (χ2n) is 7.15. The first-order valence-electron chi connectivity index (χ1n) is 8.54. The van der Waals surface area contributed by atoms with Crippen LogP contribution in [0.3, 0.4) is 0 Å². The molecule has 0 bridgehead atoms. The summed E-state index contributed by atoms with van der Waals surface area (Å²) in [6.45, 7) is 7.65. The second kappa shape index (κ2) is 8.04. The molecular weight excluding hydrogens is 328 g/mol. The molecule has 2 amide bonds. The number of amides is 2. The molecule has 2 aromatic carbocycles. The van der Waals surface area contributed by atoms with Gasteiger partial charge in [0.1, 0.15) is 12.3 Å². The zero-order valence-electron chi connectivity index (χ0n) is 16.0. The van der Waals surface area contributed by atoms with Crippen molar-refractivity contribution < 1.29 is 14.3 Å². The quantitative estimate of drug-likeness (QED) is 0.883. The predicted molar refractivity (Wildman–Crippen MR) is 105 cm³/mol. The van der Waals surface area contributed by atoms with E-state index in [4.69, 9.17) is 4.74 Å². The molecule has 26 heavy (non-hydrogen) atoms. The van der Waals surface area contributed by atoms with E-state index in [-0.39, 0.29) is 23.8 Å². The third-order valence-corrected chi connectivity index (χ3v) is 4.06. The fraction of sp³-hybridized carbons (Fsp3) is 0.333. The summed E-state index contributed by atoms with van der Waals surface area (Å²) in [5.74, 6) is 0.171. The number of hydrogen-bond acceptors (Lipinski definition) is 3. The zero-order valence-corrected chi connectivity index (χ0v) is 16.0. The molecule has 5 nitrogen and oxygen atoms in total. The lowest BCUT2D eigenvalue weighted by Crippen LogP contribution is -2.37. The number of anilines is 2. The molecule has 0 radical (unpaired) electrons. The van der Waals surface area contributed by atoms with Crippen LogP contribution in [0.1, 0.15) is 33.3 Å². The molecule has 0 heterocycles. The number of carbonyl (C=O) groups is 2. The number of benzene rings is 2. The van der Waals surface area contributed by atoms with E-state index in [9.17, 15) is 9.59 Å². The molecule has 0 saturated carbocycles. The fourth-order valence-corrected chi connectivity index (χ4v) is 2.74. The van der Waals surface area contributed by atoms with Crippen molar-refractivity contribution >= 4 is 23.2 Å². The summed E-state index contributed by atoms with van der Waals surface area (Å²) < 4.78 is 5.20. The molecule has 0 unspecified atom stereocenters. The van der Waals surface area contributed by atoms with Crippen LogP contribution in [0, 0.1) is 0 Å². The molecule has 0 aliphatic carbocycles.